The zero-order chi connectivity index (χ0) is 22.7. The molecule has 3 N–H and O–H groups in total. The lowest BCUT2D eigenvalue weighted by atomic mass is 10.2. The van der Waals surface area contributed by atoms with Crippen LogP contribution < -0.4 is 25.3 Å². The molecule has 2 heterocycles. The predicted molar refractivity (Wildman–Crippen MR) is 113 cm³/mol. The van der Waals surface area contributed by atoms with E-state index in [9.17, 15) is 18.0 Å². The van der Waals surface area contributed by atoms with Crippen molar-refractivity contribution in [3.05, 3.63) is 47.5 Å². The summed E-state index contributed by atoms with van der Waals surface area (Å²) in [5, 5.41) is 2.70. The van der Waals surface area contributed by atoms with Crippen LogP contribution >= 0.6 is 0 Å². The third kappa shape index (κ3) is 4.63. The molecule has 0 bridgehead atoms. The molecule has 1 saturated heterocycles. The molecule has 11 heteroatoms. The standard InChI is InChI=1S/C21H23N3O7S/c22-21(26)16-10-15(32(27,28)24-7-1-2-8-24)4-6-17(16)29-12-20(25)23-11-14-3-5-18-19(9-14)31-13-30-18/h3-6,9-10H,1-2,7-8,11-13H2,(H2,22,26)(H,23,25). The minimum Gasteiger partial charge on any atom is -0.483 e. The maximum atomic E-state index is 12.7. The molecule has 2 aromatic rings. The average molecular weight is 461 g/mol. The molecule has 1 fully saturated rings. The molecule has 0 atom stereocenters. The summed E-state index contributed by atoms with van der Waals surface area (Å²) in [5.74, 6) is 0.0304. The van der Waals surface area contributed by atoms with E-state index in [1.54, 1.807) is 18.2 Å². The smallest absolute Gasteiger partial charge is 0.258 e. The Balaban J connectivity index is 1.39. The van der Waals surface area contributed by atoms with Gasteiger partial charge in [0.05, 0.1) is 10.5 Å². The topological polar surface area (TPSA) is 137 Å². The Morgan fingerprint density at radius 1 is 1.06 bits per heavy atom. The highest BCUT2D eigenvalue weighted by Gasteiger charge is 2.28. The highest BCUT2D eigenvalue weighted by molar-refractivity contribution is 7.89. The van der Waals surface area contributed by atoms with Gasteiger partial charge in [0.1, 0.15) is 5.75 Å². The van der Waals surface area contributed by atoms with E-state index in [1.807, 2.05) is 0 Å². The first kappa shape index (κ1) is 21.9. The van der Waals surface area contributed by atoms with Crippen molar-refractivity contribution in [2.45, 2.75) is 24.3 Å². The highest BCUT2D eigenvalue weighted by atomic mass is 32.2. The second kappa shape index (κ2) is 9.05. The fourth-order valence-corrected chi connectivity index (χ4v) is 5.06. The van der Waals surface area contributed by atoms with Crippen molar-refractivity contribution in [1.29, 1.82) is 0 Å². The van der Waals surface area contributed by atoms with Gasteiger partial charge in [0.25, 0.3) is 11.8 Å². The molecular weight excluding hydrogens is 438 g/mol. The van der Waals surface area contributed by atoms with Crippen LogP contribution in [0.3, 0.4) is 0 Å². The number of nitrogens with zero attached hydrogens (tertiary/aromatic N) is 1. The van der Waals surface area contributed by atoms with Gasteiger partial charge in [-0.2, -0.15) is 4.31 Å². The number of benzene rings is 2. The van der Waals surface area contributed by atoms with E-state index >= 15 is 0 Å². The van der Waals surface area contributed by atoms with E-state index in [1.165, 1.54) is 22.5 Å². The number of carbonyl (C=O) groups is 2. The number of primary amides is 1. The third-order valence-corrected chi connectivity index (χ3v) is 7.10. The number of nitrogens with two attached hydrogens (primary N) is 1. The van der Waals surface area contributed by atoms with Crippen molar-refractivity contribution < 1.29 is 32.2 Å². The lowest BCUT2D eigenvalue weighted by Crippen LogP contribution is -2.29. The zero-order valence-electron chi connectivity index (χ0n) is 17.2. The quantitative estimate of drug-likeness (QED) is 0.598. The second-order valence-corrected chi connectivity index (χ2v) is 9.32. The van der Waals surface area contributed by atoms with Crippen LogP contribution in [0, 0.1) is 0 Å². The molecule has 0 radical (unpaired) electrons. The van der Waals surface area contributed by atoms with Crippen LogP contribution in [0.15, 0.2) is 41.3 Å². The lowest BCUT2D eigenvalue weighted by molar-refractivity contribution is -0.123. The average Bonchev–Trinajstić information content (AvgIpc) is 3.48. The summed E-state index contributed by atoms with van der Waals surface area (Å²) in [5.41, 5.74) is 6.13. The van der Waals surface area contributed by atoms with Gasteiger partial charge < -0.3 is 25.3 Å². The number of fused-ring (bicyclic) bond motifs is 1. The Kier molecular flexibility index (Phi) is 6.19. The minimum atomic E-state index is -3.71. The van der Waals surface area contributed by atoms with E-state index in [4.69, 9.17) is 19.9 Å². The molecular formula is C21H23N3O7S. The Morgan fingerprint density at radius 3 is 2.56 bits per heavy atom. The van der Waals surface area contributed by atoms with Crippen molar-refractivity contribution >= 4 is 21.8 Å². The molecule has 0 spiro atoms. The molecule has 2 aliphatic rings. The molecule has 0 unspecified atom stereocenters. The van der Waals surface area contributed by atoms with Crippen LogP contribution in [0.5, 0.6) is 17.2 Å². The van der Waals surface area contributed by atoms with Gasteiger partial charge >= 0.3 is 0 Å². The van der Waals surface area contributed by atoms with Gasteiger partial charge in [-0.25, -0.2) is 8.42 Å². The molecule has 32 heavy (non-hydrogen) atoms. The summed E-state index contributed by atoms with van der Waals surface area (Å²) in [6.07, 6.45) is 1.59. The van der Waals surface area contributed by atoms with Gasteiger partial charge in [-0.05, 0) is 48.7 Å². The number of ether oxygens (including phenoxy) is 3. The Morgan fingerprint density at radius 2 is 1.81 bits per heavy atom. The highest BCUT2D eigenvalue weighted by Crippen LogP contribution is 2.32. The van der Waals surface area contributed by atoms with Gasteiger partial charge in [-0.3, -0.25) is 9.59 Å². The summed E-state index contributed by atoms with van der Waals surface area (Å²) in [4.78, 5) is 24.0. The van der Waals surface area contributed by atoms with Crippen molar-refractivity contribution in [1.82, 2.24) is 9.62 Å². The molecule has 0 aliphatic carbocycles. The first-order valence-electron chi connectivity index (χ1n) is 10.1. The number of hydrogen-bond donors (Lipinski definition) is 2. The normalized spacial score (nSPS) is 15.5. The molecule has 4 rings (SSSR count). The van der Waals surface area contributed by atoms with Crippen LogP contribution in [0.25, 0.3) is 0 Å². The Hall–Kier alpha value is -3.31. The van der Waals surface area contributed by atoms with Crippen LogP contribution in [0.1, 0.15) is 28.8 Å². The number of rotatable bonds is 8. The summed E-state index contributed by atoms with van der Waals surface area (Å²) in [6, 6.07) is 9.22. The molecule has 2 aromatic carbocycles. The van der Waals surface area contributed by atoms with Crippen LogP contribution in [0.4, 0.5) is 0 Å². The van der Waals surface area contributed by atoms with E-state index in [0.717, 1.165) is 18.4 Å². The molecule has 2 aliphatic heterocycles. The molecule has 0 aromatic heterocycles. The number of nitrogens with one attached hydrogen (secondary N) is 1. The number of sulfonamides is 1. The van der Waals surface area contributed by atoms with Gasteiger partial charge in [0, 0.05) is 19.6 Å². The van der Waals surface area contributed by atoms with Gasteiger partial charge in [0.15, 0.2) is 18.1 Å². The van der Waals surface area contributed by atoms with Crippen molar-refractivity contribution in [2.24, 2.45) is 5.73 Å². The Bertz CT molecular complexity index is 1140. The van der Waals surface area contributed by atoms with Crippen LogP contribution in [-0.4, -0.2) is 51.0 Å². The van der Waals surface area contributed by atoms with Gasteiger partial charge in [0.2, 0.25) is 16.8 Å². The molecule has 2 amide bonds. The van der Waals surface area contributed by atoms with Crippen molar-refractivity contribution in [2.75, 3.05) is 26.5 Å². The summed E-state index contributed by atoms with van der Waals surface area (Å²) >= 11 is 0. The van der Waals surface area contributed by atoms with Crippen LogP contribution in [0.2, 0.25) is 0 Å². The fourth-order valence-electron chi connectivity index (χ4n) is 3.51. The number of carbonyl (C=O) groups excluding carboxylic acids is 2. The van der Waals surface area contributed by atoms with Crippen molar-refractivity contribution in [3.63, 3.8) is 0 Å². The number of hydrogen-bond acceptors (Lipinski definition) is 7. The van der Waals surface area contributed by atoms with Gasteiger partial charge in [-0.15, -0.1) is 0 Å². The largest absolute Gasteiger partial charge is 0.483 e. The summed E-state index contributed by atoms with van der Waals surface area (Å²) in [6.45, 7) is 0.920. The van der Waals surface area contributed by atoms with Crippen molar-refractivity contribution in [3.8, 4) is 17.2 Å². The number of amides is 2. The van der Waals surface area contributed by atoms with E-state index in [-0.39, 0.29) is 36.2 Å². The first-order chi connectivity index (χ1) is 15.3. The van der Waals surface area contributed by atoms with E-state index in [0.29, 0.717) is 24.6 Å². The maximum absolute atomic E-state index is 12.7. The maximum Gasteiger partial charge on any atom is 0.258 e. The monoisotopic (exact) mass is 461 g/mol. The Labute approximate surface area is 185 Å². The van der Waals surface area contributed by atoms with E-state index in [2.05, 4.69) is 5.32 Å². The van der Waals surface area contributed by atoms with Crippen LogP contribution in [-0.2, 0) is 21.4 Å². The lowest BCUT2D eigenvalue weighted by Gasteiger charge is -2.17. The predicted octanol–water partition coefficient (Wildman–Crippen LogP) is 0.994. The summed E-state index contributed by atoms with van der Waals surface area (Å²) < 4.78 is 42.8. The summed E-state index contributed by atoms with van der Waals surface area (Å²) in [7, 11) is -3.71. The molecule has 0 saturated carbocycles. The zero-order valence-corrected chi connectivity index (χ0v) is 18.0. The molecule has 170 valence electrons. The SMILES string of the molecule is NC(=O)c1cc(S(=O)(=O)N2CCCC2)ccc1OCC(=O)NCc1ccc2c(c1)OCO2. The fraction of sp³-hybridized carbons (Fsp3) is 0.333. The minimum absolute atomic E-state index is 0.0344. The second-order valence-electron chi connectivity index (χ2n) is 7.39. The molecule has 10 nitrogen and oxygen atoms in total. The van der Waals surface area contributed by atoms with E-state index < -0.39 is 21.8 Å². The van der Waals surface area contributed by atoms with Gasteiger partial charge in [-0.1, -0.05) is 6.07 Å². The third-order valence-electron chi connectivity index (χ3n) is 5.20. The first-order valence-corrected chi connectivity index (χ1v) is 11.5.